The summed E-state index contributed by atoms with van der Waals surface area (Å²) in [6, 6.07) is 5.88. The Hall–Kier alpha value is -2.81. The van der Waals surface area contributed by atoms with E-state index in [-0.39, 0.29) is 23.6 Å². The maximum absolute atomic E-state index is 13.0. The zero-order valence-corrected chi connectivity index (χ0v) is 18.1. The van der Waals surface area contributed by atoms with Crippen molar-refractivity contribution in [1.29, 1.82) is 0 Å². The summed E-state index contributed by atoms with van der Waals surface area (Å²) in [7, 11) is 0. The molecule has 2 N–H and O–H groups in total. The van der Waals surface area contributed by atoms with E-state index in [4.69, 9.17) is 16.3 Å². The van der Waals surface area contributed by atoms with Gasteiger partial charge < -0.3 is 15.4 Å². The highest BCUT2D eigenvalue weighted by Gasteiger charge is 2.33. The zero-order chi connectivity index (χ0) is 23.3. The number of nitrogens with zero attached hydrogens (tertiary/aromatic N) is 1. The summed E-state index contributed by atoms with van der Waals surface area (Å²) < 4.78 is 44.8. The summed E-state index contributed by atoms with van der Waals surface area (Å²) >= 11 is 5.59. The standard InChI is InChI=1S/C22H23ClF3N3O3/c1-2-20(30)19-10-8-16(12-27-19)32-15-6-3-13(4-7-15)28-21(31)29-14-5-9-18(23)17(11-14)22(24,25)26/h5,8-13,15H,2-4,6-7H2,1H3,(H2,28,29,31). The van der Waals surface area contributed by atoms with Gasteiger partial charge >= 0.3 is 12.2 Å². The first-order valence-corrected chi connectivity index (χ1v) is 10.6. The van der Waals surface area contributed by atoms with E-state index in [1.54, 1.807) is 19.1 Å². The SMILES string of the molecule is CCC(=O)c1ccc(OC2CCC(NC(=O)Nc3ccc(Cl)c(C(F)(F)F)c3)CC2)cn1. The molecule has 0 radical (unpaired) electrons. The van der Waals surface area contributed by atoms with E-state index in [1.807, 2.05) is 0 Å². The van der Waals surface area contributed by atoms with Crippen molar-refractivity contribution in [2.24, 2.45) is 0 Å². The minimum atomic E-state index is -4.61. The molecule has 1 saturated carbocycles. The van der Waals surface area contributed by atoms with Crippen molar-refractivity contribution >= 4 is 29.1 Å². The van der Waals surface area contributed by atoms with Gasteiger partial charge in [0, 0.05) is 18.2 Å². The van der Waals surface area contributed by atoms with Gasteiger partial charge in [-0.3, -0.25) is 4.79 Å². The number of hydrogen-bond donors (Lipinski definition) is 2. The van der Waals surface area contributed by atoms with Crippen LogP contribution in [0.15, 0.2) is 36.5 Å². The molecule has 0 bridgehead atoms. The van der Waals surface area contributed by atoms with Crippen LogP contribution in [-0.2, 0) is 6.18 Å². The first kappa shape index (κ1) is 23.8. The first-order chi connectivity index (χ1) is 15.2. The Balaban J connectivity index is 1.47. The van der Waals surface area contributed by atoms with Crippen LogP contribution >= 0.6 is 11.6 Å². The molecule has 1 aromatic carbocycles. The molecule has 0 aliphatic heterocycles. The lowest BCUT2D eigenvalue weighted by Gasteiger charge is -2.29. The minimum Gasteiger partial charge on any atom is -0.489 e. The zero-order valence-electron chi connectivity index (χ0n) is 17.3. The fourth-order valence-electron chi connectivity index (χ4n) is 3.49. The number of Topliss-reactive ketones (excluding diaryl/α,β-unsaturated/α-hetero) is 1. The number of anilines is 1. The van der Waals surface area contributed by atoms with E-state index in [9.17, 15) is 22.8 Å². The largest absolute Gasteiger partial charge is 0.489 e. The van der Waals surface area contributed by atoms with Gasteiger partial charge in [0.25, 0.3) is 0 Å². The van der Waals surface area contributed by atoms with Crippen LogP contribution < -0.4 is 15.4 Å². The molecule has 0 spiro atoms. The maximum Gasteiger partial charge on any atom is 0.417 e. The molecule has 10 heteroatoms. The van der Waals surface area contributed by atoms with E-state index in [0.29, 0.717) is 43.5 Å². The number of urea groups is 1. The molecule has 172 valence electrons. The van der Waals surface area contributed by atoms with Gasteiger partial charge in [0.05, 0.1) is 22.9 Å². The number of halogens is 4. The molecule has 0 atom stereocenters. The summed E-state index contributed by atoms with van der Waals surface area (Å²) in [5.74, 6) is 0.546. The van der Waals surface area contributed by atoms with Crippen LogP contribution in [0.1, 0.15) is 55.1 Å². The van der Waals surface area contributed by atoms with Crippen LogP contribution in [0.25, 0.3) is 0 Å². The average Bonchev–Trinajstić information content (AvgIpc) is 2.75. The Morgan fingerprint density at radius 2 is 1.88 bits per heavy atom. The van der Waals surface area contributed by atoms with Gasteiger partial charge in [0.1, 0.15) is 11.4 Å². The fourth-order valence-corrected chi connectivity index (χ4v) is 3.71. The molecule has 1 heterocycles. The Morgan fingerprint density at radius 3 is 2.47 bits per heavy atom. The summed E-state index contributed by atoms with van der Waals surface area (Å²) in [5.41, 5.74) is -0.591. The highest BCUT2D eigenvalue weighted by atomic mass is 35.5. The number of aromatic nitrogens is 1. The van der Waals surface area contributed by atoms with Gasteiger partial charge in [-0.25, -0.2) is 9.78 Å². The third-order valence-corrected chi connectivity index (χ3v) is 5.51. The van der Waals surface area contributed by atoms with Gasteiger partial charge in [-0.2, -0.15) is 13.2 Å². The van der Waals surface area contributed by atoms with Crippen molar-refractivity contribution in [2.45, 2.75) is 57.3 Å². The summed E-state index contributed by atoms with van der Waals surface area (Å²) in [6.07, 6.45) is -0.0268. The normalized spacial score (nSPS) is 18.7. The molecule has 1 fully saturated rings. The number of ketones is 1. The molecule has 3 rings (SSSR count). The minimum absolute atomic E-state index is 0.00810. The summed E-state index contributed by atoms with van der Waals surface area (Å²) in [5, 5.41) is 4.78. The number of carbonyl (C=O) groups is 2. The van der Waals surface area contributed by atoms with Gasteiger partial charge in [0.2, 0.25) is 0 Å². The Morgan fingerprint density at radius 1 is 1.16 bits per heavy atom. The van der Waals surface area contributed by atoms with Crippen LogP contribution in [0.2, 0.25) is 5.02 Å². The van der Waals surface area contributed by atoms with Crippen LogP contribution in [0.5, 0.6) is 5.75 Å². The van der Waals surface area contributed by atoms with E-state index in [2.05, 4.69) is 15.6 Å². The molecule has 1 aromatic heterocycles. The lowest BCUT2D eigenvalue weighted by Crippen LogP contribution is -2.41. The smallest absolute Gasteiger partial charge is 0.417 e. The van der Waals surface area contributed by atoms with Gasteiger partial charge in [0.15, 0.2) is 5.78 Å². The summed E-state index contributed by atoms with van der Waals surface area (Å²) in [4.78, 5) is 28.0. The van der Waals surface area contributed by atoms with Crippen molar-refractivity contribution in [3.63, 3.8) is 0 Å². The molecule has 2 aromatic rings. The third-order valence-electron chi connectivity index (χ3n) is 5.18. The molecular formula is C22H23ClF3N3O3. The van der Waals surface area contributed by atoms with Crippen molar-refractivity contribution in [2.75, 3.05) is 5.32 Å². The average molecular weight is 470 g/mol. The molecule has 0 unspecified atom stereocenters. The third kappa shape index (κ3) is 6.35. The predicted octanol–water partition coefficient (Wildman–Crippen LogP) is 5.86. The number of benzene rings is 1. The summed E-state index contributed by atoms with van der Waals surface area (Å²) in [6.45, 7) is 1.77. The van der Waals surface area contributed by atoms with E-state index in [1.165, 1.54) is 12.3 Å². The maximum atomic E-state index is 13.0. The van der Waals surface area contributed by atoms with Crippen molar-refractivity contribution in [3.8, 4) is 5.75 Å². The van der Waals surface area contributed by atoms with Crippen molar-refractivity contribution in [3.05, 3.63) is 52.8 Å². The highest BCUT2D eigenvalue weighted by molar-refractivity contribution is 6.31. The highest BCUT2D eigenvalue weighted by Crippen LogP contribution is 2.36. The van der Waals surface area contributed by atoms with E-state index in [0.717, 1.165) is 12.1 Å². The van der Waals surface area contributed by atoms with Crippen molar-refractivity contribution in [1.82, 2.24) is 10.3 Å². The van der Waals surface area contributed by atoms with Crippen LogP contribution in [0.3, 0.4) is 0 Å². The lowest BCUT2D eigenvalue weighted by molar-refractivity contribution is -0.137. The van der Waals surface area contributed by atoms with Crippen LogP contribution in [0, 0.1) is 0 Å². The number of alkyl halides is 3. The number of amides is 2. The van der Waals surface area contributed by atoms with Gasteiger partial charge in [-0.15, -0.1) is 0 Å². The molecule has 1 aliphatic carbocycles. The lowest BCUT2D eigenvalue weighted by atomic mass is 9.93. The van der Waals surface area contributed by atoms with Crippen LogP contribution in [0.4, 0.5) is 23.7 Å². The monoisotopic (exact) mass is 469 g/mol. The van der Waals surface area contributed by atoms with E-state index < -0.39 is 22.8 Å². The second-order valence-electron chi connectivity index (χ2n) is 7.54. The first-order valence-electron chi connectivity index (χ1n) is 10.3. The quantitative estimate of drug-likeness (QED) is 0.519. The Kier molecular flexibility index (Phi) is 7.60. The molecular weight excluding hydrogens is 447 g/mol. The Labute approximate surface area is 188 Å². The van der Waals surface area contributed by atoms with Crippen LogP contribution in [-0.4, -0.2) is 28.9 Å². The number of nitrogens with one attached hydrogen (secondary N) is 2. The van der Waals surface area contributed by atoms with Crippen molar-refractivity contribution < 1.29 is 27.5 Å². The number of hydrogen-bond acceptors (Lipinski definition) is 4. The predicted molar refractivity (Wildman–Crippen MR) is 114 cm³/mol. The van der Waals surface area contributed by atoms with Gasteiger partial charge in [-0.1, -0.05) is 18.5 Å². The number of pyridine rings is 1. The van der Waals surface area contributed by atoms with E-state index >= 15 is 0 Å². The molecule has 1 aliphatic rings. The topological polar surface area (TPSA) is 80.3 Å². The number of ether oxygens (including phenoxy) is 1. The second kappa shape index (κ2) is 10.2. The molecule has 32 heavy (non-hydrogen) atoms. The Bertz CT molecular complexity index is 959. The number of carbonyl (C=O) groups excluding carboxylic acids is 2. The number of rotatable bonds is 6. The fraction of sp³-hybridized carbons (Fsp3) is 0.409. The molecule has 6 nitrogen and oxygen atoms in total. The van der Waals surface area contributed by atoms with Gasteiger partial charge in [-0.05, 0) is 56.0 Å². The molecule has 2 amide bonds. The molecule has 0 saturated heterocycles. The second-order valence-corrected chi connectivity index (χ2v) is 7.95.